The maximum absolute atomic E-state index is 12.1. The SMILES string of the molecule is COC(=O)NC(=O)[C@@H](C)OC(=O)c1ccc(OCc2c(C)noc2C)cc1. The monoisotopic (exact) mass is 376 g/mol. The van der Waals surface area contributed by atoms with E-state index >= 15 is 0 Å². The van der Waals surface area contributed by atoms with Crippen LogP contribution in [-0.4, -0.2) is 36.3 Å². The van der Waals surface area contributed by atoms with Crippen molar-refractivity contribution in [2.75, 3.05) is 7.11 Å². The molecular weight excluding hydrogens is 356 g/mol. The predicted molar refractivity (Wildman–Crippen MR) is 92.2 cm³/mol. The minimum absolute atomic E-state index is 0.234. The summed E-state index contributed by atoms with van der Waals surface area (Å²) in [7, 11) is 1.12. The van der Waals surface area contributed by atoms with Crippen molar-refractivity contribution in [2.45, 2.75) is 33.5 Å². The third-order valence-corrected chi connectivity index (χ3v) is 3.72. The van der Waals surface area contributed by atoms with Gasteiger partial charge in [0.05, 0.1) is 23.9 Å². The van der Waals surface area contributed by atoms with E-state index in [2.05, 4.69) is 9.89 Å². The summed E-state index contributed by atoms with van der Waals surface area (Å²) < 4.78 is 20.0. The van der Waals surface area contributed by atoms with Gasteiger partial charge in [0.1, 0.15) is 18.1 Å². The second kappa shape index (κ2) is 8.84. The van der Waals surface area contributed by atoms with E-state index in [0.29, 0.717) is 11.5 Å². The zero-order valence-corrected chi connectivity index (χ0v) is 15.4. The number of imide groups is 1. The third-order valence-electron chi connectivity index (χ3n) is 3.72. The lowest BCUT2D eigenvalue weighted by Gasteiger charge is -2.12. The molecule has 2 amide bonds. The topological polar surface area (TPSA) is 117 Å². The summed E-state index contributed by atoms with van der Waals surface area (Å²) in [5.74, 6) is -0.260. The summed E-state index contributed by atoms with van der Waals surface area (Å²) in [4.78, 5) is 34.7. The molecular formula is C18H20N2O7. The Morgan fingerprint density at radius 2 is 1.85 bits per heavy atom. The van der Waals surface area contributed by atoms with Crippen LogP contribution in [0.3, 0.4) is 0 Å². The van der Waals surface area contributed by atoms with Gasteiger partial charge >= 0.3 is 12.1 Å². The summed E-state index contributed by atoms with van der Waals surface area (Å²) >= 11 is 0. The molecule has 0 fully saturated rings. The Morgan fingerprint density at radius 3 is 2.41 bits per heavy atom. The normalized spacial score (nSPS) is 11.4. The first-order chi connectivity index (χ1) is 12.8. The van der Waals surface area contributed by atoms with E-state index in [1.165, 1.54) is 19.1 Å². The number of nitrogens with zero attached hydrogens (tertiary/aromatic N) is 1. The highest BCUT2D eigenvalue weighted by Gasteiger charge is 2.21. The molecule has 0 aliphatic heterocycles. The molecule has 9 nitrogen and oxygen atoms in total. The number of carbonyl (C=O) groups is 3. The van der Waals surface area contributed by atoms with Gasteiger partial charge in [0, 0.05) is 0 Å². The second-order valence-electron chi connectivity index (χ2n) is 5.64. The third kappa shape index (κ3) is 5.30. The van der Waals surface area contributed by atoms with Crippen LogP contribution in [0.1, 0.15) is 34.3 Å². The molecule has 144 valence electrons. The molecule has 1 atom stereocenters. The Balaban J connectivity index is 1.91. The summed E-state index contributed by atoms with van der Waals surface area (Å²) in [5, 5.41) is 5.78. The van der Waals surface area contributed by atoms with Crippen LogP contribution in [0.5, 0.6) is 5.75 Å². The van der Waals surface area contributed by atoms with Crippen LogP contribution in [0.25, 0.3) is 0 Å². The van der Waals surface area contributed by atoms with Gasteiger partial charge in [-0.1, -0.05) is 5.16 Å². The summed E-state index contributed by atoms with van der Waals surface area (Å²) in [6.07, 6.45) is -2.09. The number of methoxy groups -OCH3 is 1. The molecule has 9 heteroatoms. The maximum atomic E-state index is 12.1. The molecule has 0 radical (unpaired) electrons. The fourth-order valence-corrected chi connectivity index (χ4v) is 2.09. The van der Waals surface area contributed by atoms with Crippen LogP contribution in [-0.2, 0) is 20.9 Å². The average molecular weight is 376 g/mol. The molecule has 2 rings (SSSR count). The van der Waals surface area contributed by atoms with Gasteiger partial charge in [0.25, 0.3) is 5.91 Å². The quantitative estimate of drug-likeness (QED) is 0.763. The number of amides is 2. The number of carbonyl (C=O) groups excluding carboxylic acids is 3. The standard InChI is InChI=1S/C18H20N2O7/c1-10-15(11(2)27-20-10)9-25-14-7-5-13(6-8-14)17(22)26-12(3)16(21)19-18(23)24-4/h5-8,12H,9H2,1-4H3,(H,19,21,23)/t12-/m1/s1. The number of ether oxygens (including phenoxy) is 3. The number of nitrogens with one attached hydrogen (secondary N) is 1. The lowest BCUT2D eigenvalue weighted by atomic mass is 10.2. The van der Waals surface area contributed by atoms with Gasteiger partial charge in [-0.3, -0.25) is 10.1 Å². The Morgan fingerprint density at radius 1 is 1.19 bits per heavy atom. The van der Waals surface area contributed by atoms with Crippen LogP contribution in [0.2, 0.25) is 0 Å². The van der Waals surface area contributed by atoms with Crippen molar-refractivity contribution >= 4 is 18.0 Å². The number of alkyl carbamates (subject to hydrolysis) is 1. The van der Waals surface area contributed by atoms with Crippen molar-refractivity contribution in [3.05, 3.63) is 46.8 Å². The number of benzene rings is 1. The highest BCUT2D eigenvalue weighted by Crippen LogP contribution is 2.18. The molecule has 2 aromatic rings. The fourth-order valence-electron chi connectivity index (χ4n) is 2.09. The highest BCUT2D eigenvalue weighted by molar-refractivity contribution is 5.97. The summed E-state index contributed by atoms with van der Waals surface area (Å²) in [5.41, 5.74) is 1.85. The van der Waals surface area contributed by atoms with Crippen molar-refractivity contribution in [1.29, 1.82) is 0 Å². The maximum Gasteiger partial charge on any atom is 0.413 e. The van der Waals surface area contributed by atoms with Gasteiger partial charge in [-0.05, 0) is 45.0 Å². The summed E-state index contributed by atoms with van der Waals surface area (Å²) in [6, 6.07) is 6.23. The van der Waals surface area contributed by atoms with Gasteiger partial charge in [-0.2, -0.15) is 0 Å². The van der Waals surface area contributed by atoms with Crippen molar-refractivity contribution in [3.63, 3.8) is 0 Å². The molecule has 0 bridgehead atoms. The molecule has 0 spiro atoms. The molecule has 1 aromatic heterocycles. The Bertz CT molecular complexity index is 807. The van der Waals surface area contributed by atoms with E-state index in [4.69, 9.17) is 14.0 Å². The van der Waals surface area contributed by atoms with E-state index in [-0.39, 0.29) is 12.2 Å². The molecule has 27 heavy (non-hydrogen) atoms. The van der Waals surface area contributed by atoms with Crippen LogP contribution in [0.15, 0.2) is 28.8 Å². The molecule has 0 aliphatic rings. The fraction of sp³-hybridized carbons (Fsp3) is 0.333. The van der Waals surface area contributed by atoms with E-state index in [0.717, 1.165) is 18.4 Å². The number of aromatic nitrogens is 1. The average Bonchev–Trinajstić information content (AvgIpc) is 2.97. The van der Waals surface area contributed by atoms with Gasteiger partial charge in [0.15, 0.2) is 6.10 Å². The number of aryl methyl sites for hydroxylation is 2. The molecule has 1 heterocycles. The molecule has 0 saturated carbocycles. The van der Waals surface area contributed by atoms with Crippen molar-refractivity contribution in [1.82, 2.24) is 10.5 Å². The number of rotatable bonds is 6. The first kappa shape index (κ1) is 20.0. The van der Waals surface area contributed by atoms with E-state index in [9.17, 15) is 14.4 Å². The zero-order valence-electron chi connectivity index (χ0n) is 15.4. The van der Waals surface area contributed by atoms with E-state index in [1.54, 1.807) is 19.1 Å². The molecule has 1 N–H and O–H groups in total. The Hall–Kier alpha value is -3.36. The molecule has 0 saturated heterocycles. The molecule has 0 aliphatic carbocycles. The van der Waals surface area contributed by atoms with Gasteiger partial charge < -0.3 is 18.7 Å². The van der Waals surface area contributed by atoms with E-state index < -0.39 is 24.1 Å². The largest absolute Gasteiger partial charge is 0.489 e. The van der Waals surface area contributed by atoms with Crippen LogP contribution in [0.4, 0.5) is 4.79 Å². The Kier molecular flexibility index (Phi) is 6.53. The lowest BCUT2D eigenvalue weighted by molar-refractivity contribution is -0.128. The summed E-state index contributed by atoms with van der Waals surface area (Å²) in [6.45, 7) is 5.26. The Labute approximate surface area is 155 Å². The highest BCUT2D eigenvalue weighted by atomic mass is 16.6. The van der Waals surface area contributed by atoms with Crippen molar-refractivity contribution < 1.29 is 33.1 Å². The van der Waals surface area contributed by atoms with Crippen molar-refractivity contribution in [2.24, 2.45) is 0 Å². The van der Waals surface area contributed by atoms with Gasteiger partial charge in [-0.25, -0.2) is 9.59 Å². The van der Waals surface area contributed by atoms with Gasteiger partial charge in [-0.15, -0.1) is 0 Å². The number of hydrogen-bond donors (Lipinski definition) is 1. The molecule has 0 unspecified atom stereocenters. The zero-order chi connectivity index (χ0) is 20.0. The van der Waals surface area contributed by atoms with Crippen LogP contribution >= 0.6 is 0 Å². The smallest absolute Gasteiger partial charge is 0.413 e. The first-order valence-corrected chi connectivity index (χ1v) is 8.06. The van der Waals surface area contributed by atoms with Crippen LogP contribution in [0, 0.1) is 13.8 Å². The first-order valence-electron chi connectivity index (χ1n) is 8.06. The minimum Gasteiger partial charge on any atom is -0.489 e. The van der Waals surface area contributed by atoms with E-state index in [1.807, 2.05) is 12.2 Å². The molecule has 1 aromatic carbocycles. The van der Waals surface area contributed by atoms with Gasteiger partial charge in [0.2, 0.25) is 0 Å². The second-order valence-corrected chi connectivity index (χ2v) is 5.64. The predicted octanol–water partition coefficient (Wildman–Crippen LogP) is 2.30. The van der Waals surface area contributed by atoms with Crippen LogP contribution < -0.4 is 10.1 Å². The van der Waals surface area contributed by atoms with Crippen molar-refractivity contribution in [3.8, 4) is 5.75 Å². The minimum atomic E-state index is -1.16. The number of esters is 1. The number of hydrogen-bond acceptors (Lipinski definition) is 8. The lowest BCUT2D eigenvalue weighted by Crippen LogP contribution is -2.39.